The molecule has 0 spiro atoms. The molecule has 0 aliphatic rings. The van der Waals surface area contributed by atoms with Crippen LogP contribution in [0.1, 0.15) is 45.2 Å². The van der Waals surface area contributed by atoms with Gasteiger partial charge in [-0.1, -0.05) is 63.2 Å². The first kappa shape index (κ1) is 19.8. The Morgan fingerprint density at radius 2 is 1.62 bits per heavy atom. The lowest BCUT2D eigenvalue weighted by Crippen LogP contribution is -2.40. The minimum Gasteiger partial charge on any atom is -0.493 e. The summed E-state index contributed by atoms with van der Waals surface area (Å²) in [4.78, 5) is 12.9. The maximum absolute atomic E-state index is 12.9. The standard InChI is InChI=1S/C22H29NO3/c1-5-19(26-21-14-10-9-13-20(21)25-4)22(24)23-18(15-16(2)3)17-11-7-6-8-12-17/h6-14,16,18-19H,5,15H2,1-4H3,(H,23,24)/t18-,19-/m0/s1. The van der Waals surface area contributed by atoms with Crippen LogP contribution in [0.5, 0.6) is 11.5 Å². The van der Waals surface area contributed by atoms with Crippen molar-refractivity contribution in [2.75, 3.05) is 7.11 Å². The van der Waals surface area contributed by atoms with Gasteiger partial charge in [0.1, 0.15) is 0 Å². The van der Waals surface area contributed by atoms with E-state index in [9.17, 15) is 4.79 Å². The molecule has 2 aromatic carbocycles. The van der Waals surface area contributed by atoms with Gasteiger partial charge in [-0.15, -0.1) is 0 Å². The highest BCUT2D eigenvalue weighted by molar-refractivity contribution is 5.81. The topological polar surface area (TPSA) is 47.6 Å². The summed E-state index contributed by atoms with van der Waals surface area (Å²) in [6.07, 6.45) is 0.887. The molecule has 1 amide bonds. The second kappa shape index (κ2) is 9.85. The number of nitrogens with one attached hydrogen (secondary N) is 1. The Labute approximate surface area is 156 Å². The second-order valence-corrected chi connectivity index (χ2v) is 6.77. The van der Waals surface area contributed by atoms with Crippen molar-refractivity contribution in [1.82, 2.24) is 5.32 Å². The monoisotopic (exact) mass is 355 g/mol. The molecule has 0 saturated heterocycles. The third-order valence-electron chi connectivity index (χ3n) is 4.23. The number of hydrogen-bond acceptors (Lipinski definition) is 3. The number of carbonyl (C=O) groups is 1. The number of carbonyl (C=O) groups excluding carboxylic acids is 1. The highest BCUT2D eigenvalue weighted by Gasteiger charge is 2.24. The van der Waals surface area contributed by atoms with Crippen LogP contribution in [0.2, 0.25) is 0 Å². The summed E-state index contributed by atoms with van der Waals surface area (Å²) < 4.78 is 11.3. The maximum atomic E-state index is 12.9. The molecule has 140 valence electrons. The van der Waals surface area contributed by atoms with Crippen molar-refractivity contribution >= 4 is 5.91 Å². The summed E-state index contributed by atoms with van der Waals surface area (Å²) in [7, 11) is 1.59. The molecular weight excluding hydrogens is 326 g/mol. The van der Waals surface area contributed by atoms with Gasteiger partial charge in [0.2, 0.25) is 0 Å². The van der Waals surface area contributed by atoms with Crippen LogP contribution in [-0.4, -0.2) is 19.1 Å². The molecule has 4 heteroatoms. The summed E-state index contributed by atoms with van der Waals surface area (Å²) in [6, 6.07) is 17.4. The molecule has 2 aromatic rings. The highest BCUT2D eigenvalue weighted by Crippen LogP contribution is 2.28. The second-order valence-electron chi connectivity index (χ2n) is 6.77. The Hall–Kier alpha value is -2.49. The molecule has 0 heterocycles. The minimum atomic E-state index is -0.565. The summed E-state index contributed by atoms with van der Waals surface area (Å²) in [6.45, 7) is 6.26. The van der Waals surface area contributed by atoms with Gasteiger partial charge in [0.15, 0.2) is 17.6 Å². The predicted molar refractivity (Wildman–Crippen MR) is 104 cm³/mol. The molecule has 0 unspecified atom stereocenters. The highest BCUT2D eigenvalue weighted by atomic mass is 16.5. The number of benzene rings is 2. The third kappa shape index (κ3) is 5.51. The molecular formula is C22H29NO3. The first-order valence-electron chi connectivity index (χ1n) is 9.20. The van der Waals surface area contributed by atoms with Crippen LogP contribution in [0.3, 0.4) is 0 Å². The van der Waals surface area contributed by atoms with Crippen molar-refractivity contribution in [1.29, 1.82) is 0 Å². The molecule has 26 heavy (non-hydrogen) atoms. The van der Waals surface area contributed by atoms with E-state index in [-0.39, 0.29) is 11.9 Å². The Bertz CT molecular complexity index is 685. The van der Waals surface area contributed by atoms with E-state index in [1.807, 2.05) is 49.4 Å². The smallest absolute Gasteiger partial charge is 0.261 e. The van der Waals surface area contributed by atoms with Crippen LogP contribution in [0.15, 0.2) is 54.6 Å². The average molecular weight is 355 g/mol. The van der Waals surface area contributed by atoms with Gasteiger partial charge in [-0.2, -0.15) is 0 Å². The molecule has 4 nitrogen and oxygen atoms in total. The lowest BCUT2D eigenvalue weighted by atomic mass is 9.96. The molecule has 0 fully saturated rings. The zero-order chi connectivity index (χ0) is 18.9. The molecule has 2 atom stereocenters. The zero-order valence-electron chi connectivity index (χ0n) is 16.1. The van der Waals surface area contributed by atoms with E-state index in [0.717, 1.165) is 12.0 Å². The Morgan fingerprint density at radius 3 is 2.19 bits per heavy atom. The van der Waals surface area contributed by atoms with Crippen molar-refractivity contribution in [2.45, 2.75) is 45.8 Å². The Balaban J connectivity index is 2.12. The van der Waals surface area contributed by atoms with E-state index in [2.05, 4.69) is 31.3 Å². The number of para-hydroxylation sites is 2. The Morgan fingerprint density at radius 1 is 1.00 bits per heavy atom. The number of rotatable bonds is 9. The van der Waals surface area contributed by atoms with Gasteiger partial charge in [-0.3, -0.25) is 4.79 Å². The van der Waals surface area contributed by atoms with E-state index >= 15 is 0 Å². The van der Waals surface area contributed by atoms with Crippen LogP contribution in [0.4, 0.5) is 0 Å². The van der Waals surface area contributed by atoms with Gasteiger partial charge in [0, 0.05) is 0 Å². The summed E-state index contributed by atoms with van der Waals surface area (Å²) >= 11 is 0. The molecule has 0 aliphatic carbocycles. The van der Waals surface area contributed by atoms with Gasteiger partial charge in [0.25, 0.3) is 5.91 Å². The fourth-order valence-electron chi connectivity index (χ4n) is 2.89. The number of methoxy groups -OCH3 is 1. The van der Waals surface area contributed by atoms with E-state index in [0.29, 0.717) is 23.8 Å². The minimum absolute atomic E-state index is 0.0287. The van der Waals surface area contributed by atoms with Gasteiger partial charge >= 0.3 is 0 Å². The van der Waals surface area contributed by atoms with Crippen molar-refractivity contribution in [3.63, 3.8) is 0 Å². The number of ether oxygens (including phenoxy) is 2. The first-order valence-corrected chi connectivity index (χ1v) is 9.20. The van der Waals surface area contributed by atoms with Crippen molar-refractivity contribution in [3.8, 4) is 11.5 Å². The predicted octanol–water partition coefficient (Wildman–Crippen LogP) is 4.76. The third-order valence-corrected chi connectivity index (χ3v) is 4.23. The largest absolute Gasteiger partial charge is 0.493 e. The van der Waals surface area contributed by atoms with E-state index < -0.39 is 6.10 Å². The average Bonchev–Trinajstić information content (AvgIpc) is 2.66. The fourth-order valence-corrected chi connectivity index (χ4v) is 2.89. The van der Waals surface area contributed by atoms with E-state index in [1.165, 1.54) is 0 Å². The Kier molecular flexibility index (Phi) is 7.52. The van der Waals surface area contributed by atoms with Crippen molar-refractivity contribution in [3.05, 3.63) is 60.2 Å². The lowest BCUT2D eigenvalue weighted by Gasteiger charge is -2.25. The molecule has 1 N–H and O–H groups in total. The van der Waals surface area contributed by atoms with Crippen LogP contribution in [0.25, 0.3) is 0 Å². The summed E-state index contributed by atoms with van der Waals surface area (Å²) in [5.74, 6) is 1.57. The van der Waals surface area contributed by atoms with Gasteiger partial charge in [-0.05, 0) is 36.5 Å². The molecule has 2 rings (SSSR count). The van der Waals surface area contributed by atoms with Crippen LogP contribution < -0.4 is 14.8 Å². The molecule has 0 bridgehead atoms. The molecule has 0 radical (unpaired) electrons. The normalized spacial score (nSPS) is 13.1. The summed E-state index contributed by atoms with van der Waals surface area (Å²) in [5, 5.41) is 3.17. The van der Waals surface area contributed by atoms with Crippen LogP contribution in [-0.2, 0) is 4.79 Å². The molecule has 0 aromatic heterocycles. The molecule has 0 saturated carbocycles. The van der Waals surface area contributed by atoms with Gasteiger partial charge in [0.05, 0.1) is 13.2 Å². The fraction of sp³-hybridized carbons (Fsp3) is 0.409. The van der Waals surface area contributed by atoms with Crippen LogP contribution >= 0.6 is 0 Å². The number of amides is 1. The summed E-state index contributed by atoms with van der Waals surface area (Å²) in [5.41, 5.74) is 1.11. The van der Waals surface area contributed by atoms with E-state index in [4.69, 9.17) is 9.47 Å². The maximum Gasteiger partial charge on any atom is 0.261 e. The van der Waals surface area contributed by atoms with Crippen molar-refractivity contribution < 1.29 is 14.3 Å². The van der Waals surface area contributed by atoms with Gasteiger partial charge in [-0.25, -0.2) is 0 Å². The van der Waals surface area contributed by atoms with Crippen molar-refractivity contribution in [2.24, 2.45) is 5.92 Å². The first-order chi connectivity index (χ1) is 12.5. The molecule has 0 aliphatic heterocycles. The SMILES string of the molecule is CC[C@H](Oc1ccccc1OC)C(=O)N[C@@H](CC(C)C)c1ccccc1. The van der Waals surface area contributed by atoms with Crippen LogP contribution in [0, 0.1) is 5.92 Å². The zero-order valence-corrected chi connectivity index (χ0v) is 16.1. The lowest BCUT2D eigenvalue weighted by molar-refractivity contribution is -0.129. The number of hydrogen-bond donors (Lipinski definition) is 1. The van der Waals surface area contributed by atoms with E-state index in [1.54, 1.807) is 7.11 Å². The van der Waals surface area contributed by atoms with Gasteiger partial charge < -0.3 is 14.8 Å². The quantitative estimate of drug-likeness (QED) is 0.706.